The summed E-state index contributed by atoms with van der Waals surface area (Å²) in [6, 6.07) is 5.38. The molecule has 0 bridgehead atoms. The lowest BCUT2D eigenvalue weighted by Crippen LogP contribution is -2.40. The zero-order valence-corrected chi connectivity index (χ0v) is 11.8. The highest BCUT2D eigenvalue weighted by atomic mass is 32.2. The van der Waals surface area contributed by atoms with Crippen LogP contribution >= 0.6 is 0 Å². The zero-order valence-electron chi connectivity index (χ0n) is 11.0. The van der Waals surface area contributed by atoms with Gasteiger partial charge in [0.15, 0.2) is 0 Å². The monoisotopic (exact) mass is 287 g/mol. The van der Waals surface area contributed by atoms with Crippen LogP contribution in [0.4, 0.5) is 0 Å². The lowest BCUT2D eigenvalue weighted by atomic mass is 10.1. The van der Waals surface area contributed by atoms with Gasteiger partial charge in [-0.05, 0) is 26.0 Å². The van der Waals surface area contributed by atoms with Gasteiger partial charge in [0.2, 0.25) is 10.0 Å². The predicted octanol–water partition coefficient (Wildman–Crippen LogP) is 0.776. The molecule has 0 amide bonds. The average Bonchev–Trinajstić information content (AvgIpc) is 2.26. The Morgan fingerprint density at radius 3 is 2.32 bits per heavy atom. The molecule has 19 heavy (non-hydrogen) atoms. The fourth-order valence-corrected chi connectivity index (χ4v) is 3.17. The van der Waals surface area contributed by atoms with Crippen LogP contribution in [-0.4, -0.2) is 48.1 Å². The fraction of sp³-hybridized carbons (Fsp3) is 0.417. The molecule has 1 aromatic rings. The maximum Gasteiger partial charge on any atom is 0.337 e. The van der Waals surface area contributed by atoms with Gasteiger partial charge in [0.05, 0.1) is 16.1 Å². The van der Waals surface area contributed by atoms with E-state index < -0.39 is 21.6 Å². The summed E-state index contributed by atoms with van der Waals surface area (Å²) in [6.07, 6.45) is 0. The number of hydrogen-bond donors (Lipinski definition) is 2. The van der Waals surface area contributed by atoms with Crippen molar-refractivity contribution in [3.8, 4) is 0 Å². The second-order valence-corrected chi connectivity index (χ2v) is 6.89. The van der Waals surface area contributed by atoms with Gasteiger partial charge in [-0.3, -0.25) is 0 Å². The Morgan fingerprint density at radius 2 is 1.84 bits per heavy atom. The van der Waals surface area contributed by atoms with E-state index in [1.54, 1.807) is 0 Å². The Hall–Kier alpha value is -1.44. The normalized spacial score (nSPS) is 12.7. The van der Waals surface area contributed by atoms with Crippen LogP contribution in [0.2, 0.25) is 0 Å². The molecule has 0 atom stereocenters. The maximum absolute atomic E-state index is 12.3. The van der Waals surface area contributed by atoms with Crippen LogP contribution in [0.5, 0.6) is 0 Å². The molecule has 7 heteroatoms. The van der Waals surface area contributed by atoms with Crippen LogP contribution in [0.3, 0.4) is 0 Å². The first kappa shape index (κ1) is 15.6. The summed E-state index contributed by atoms with van der Waals surface area (Å²) < 4.78 is 25.5. The van der Waals surface area contributed by atoms with E-state index in [-0.39, 0.29) is 17.0 Å². The molecule has 0 heterocycles. The summed E-state index contributed by atoms with van der Waals surface area (Å²) in [4.78, 5) is 10.8. The molecule has 0 saturated carbocycles. The largest absolute Gasteiger partial charge is 0.478 e. The average molecular weight is 287 g/mol. The predicted molar refractivity (Wildman–Crippen MR) is 69.5 cm³/mol. The molecule has 0 aliphatic rings. The highest BCUT2D eigenvalue weighted by Crippen LogP contribution is 2.20. The fourth-order valence-electron chi connectivity index (χ4n) is 1.67. The third-order valence-electron chi connectivity index (χ3n) is 2.42. The lowest BCUT2D eigenvalue weighted by Gasteiger charge is -2.25. The van der Waals surface area contributed by atoms with Crippen LogP contribution in [-0.2, 0) is 10.0 Å². The molecule has 6 nitrogen and oxygen atoms in total. The molecule has 0 aromatic heterocycles. The highest BCUT2D eigenvalue weighted by molar-refractivity contribution is 7.89. The number of aliphatic hydroxyl groups is 1. The van der Waals surface area contributed by atoms with Gasteiger partial charge in [0, 0.05) is 13.6 Å². The third-order valence-corrected chi connectivity index (χ3v) is 4.28. The lowest BCUT2D eigenvalue weighted by molar-refractivity contribution is 0.0639. The first-order valence-electron chi connectivity index (χ1n) is 5.57. The minimum absolute atomic E-state index is 0.136. The third kappa shape index (κ3) is 3.76. The van der Waals surface area contributed by atoms with E-state index in [1.165, 1.54) is 45.2 Å². The molecule has 0 aliphatic heterocycles. The second kappa shape index (κ2) is 5.28. The van der Waals surface area contributed by atoms with Crippen molar-refractivity contribution in [2.45, 2.75) is 24.3 Å². The van der Waals surface area contributed by atoms with Crippen LogP contribution in [0.1, 0.15) is 24.2 Å². The van der Waals surface area contributed by atoms with E-state index in [2.05, 4.69) is 0 Å². The van der Waals surface area contributed by atoms with E-state index in [1.807, 2.05) is 0 Å². The minimum Gasteiger partial charge on any atom is -0.478 e. The summed E-state index contributed by atoms with van der Waals surface area (Å²) in [7, 11) is -2.66. The quantitative estimate of drug-likeness (QED) is 0.834. The van der Waals surface area contributed by atoms with E-state index in [4.69, 9.17) is 5.11 Å². The van der Waals surface area contributed by atoms with Crippen LogP contribution < -0.4 is 0 Å². The van der Waals surface area contributed by atoms with Gasteiger partial charge in [-0.1, -0.05) is 12.1 Å². The number of aromatic carboxylic acids is 1. The number of benzene rings is 1. The number of carboxylic acids is 1. The van der Waals surface area contributed by atoms with Gasteiger partial charge >= 0.3 is 5.97 Å². The molecule has 0 spiro atoms. The SMILES string of the molecule is CN(CC(C)(C)O)S(=O)(=O)c1ccccc1C(=O)O. The molecule has 106 valence electrons. The van der Waals surface area contributed by atoms with Crippen molar-refractivity contribution in [2.75, 3.05) is 13.6 Å². The van der Waals surface area contributed by atoms with Crippen molar-refractivity contribution in [3.63, 3.8) is 0 Å². The van der Waals surface area contributed by atoms with Crippen molar-refractivity contribution in [1.29, 1.82) is 0 Å². The Bertz CT molecular complexity index is 574. The molecule has 1 aromatic carbocycles. The Labute approximate surface area is 112 Å². The number of carbonyl (C=O) groups is 1. The topological polar surface area (TPSA) is 94.9 Å². The molecular formula is C12H17NO5S. The van der Waals surface area contributed by atoms with E-state index in [9.17, 15) is 18.3 Å². The van der Waals surface area contributed by atoms with E-state index >= 15 is 0 Å². The van der Waals surface area contributed by atoms with Crippen molar-refractivity contribution < 1.29 is 23.4 Å². The van der Waals surface area contributed by atoms with Gasteiger partial charge < -0.3 is 10.2 Å². The number of sulfonamides is 1. The van der Waals surface area contributed by atoms with Crippen molar-refractivity contribution >= 4 is 16.0 Å². The van der Waals surface area contributed by atoms with Gasteiger partial charge in [0.25, 0.3) is 0 Å². The zero-order chi connectivity index (χ0) is 14.8. The van der Waals surface area contributed by atoms with Crippen LogP contribution in [0, 0.1) is 0 Å². The second-order valence-electron chi connectivity index (χ2n) is 4.87. The van der Waals surface area contributed by atoms with Crippen LogP contribution in [0.25, 0.3) is 0 Å². The summed E-state index contributed by atoms with van der Waals surface area (Å²) in [5, 5.41) is 18.7. The van der Waals surface area contributed by atoms with Crippen LogP contribution in [0.15, 0.2) is 29.2 Å². The van der Waals surface area contributed by atoms with Crippen molar-refractivity contribution in [1.82, 2.24) is 4.31 Å². The van der Waals surface area contributed by atoms with Gasteiger partial charge in [-0.2, -0.15) is 4.31 Å². The molecule has 1 rings (SSSR count). The minimum atomic E-state index is -3.96. The molecule has 0 unspecified atom stereocenters. The Balaban J connectivity index is 3.25. The number of hydrogen-bond acceptors (Lipinski definition) is 4. The van der Waals surface area contributed by atoms with Crippen molar-refractivity contribution in [2.24, 2.45) is 0 Å². The summed E-state index contributed by atoms with van der Waals surface area (Å²) in [6.45, 7) is 2.81. The van der Waals surface area contributed by atoms with E-state index in [0.717, 1.165) is 4.31 Å². The number of carboxylic acid groups (broad SMARTS) is 1. The standard InChI is InChI=1S/C12H17NO5S/c1-12(2,16)8-13(3)19(17,18)10-7-5-4-6-9(10)11(14)15/h4-7,16H,8H2,1-3H3,(H,14,15). The number of rotatable bonds is 5. The highest BCUT2D eigenvalue weighted by Gasteiger charge is 2.29. The molecule has 0 aliphatic carbocycles. The molecule has 0 fully saturated rings. The molecular weight excluding hydrogens is 270 g/mol. The summed E-state index contributed by atoms with van der Waals surface area (Å²) in [5.41, 5.74) is -1.50. The number of nitrogens with zero attached hydrogens (tertiary/aromatic N) is 1. The number of likely N-dealkylation sites (N-methyl/N-ethyl adjacent to an activating group) is 1. The smallest absolute Gasteiger partial charge is 0.337 e. The molecule has 0 saturated heterocycles. The molecule has 0 radical (unpaired) electrons. The summed E-state index contributed by atoms with van der Waals surface area (Å²) in [5.74, 6) is -1.31. The first-order chi connectivity index (χ1) is 8.55. The van der Waals surface area contributed by atoms with Gasteiger partial charge in [-0.15, -0.1) is 0 Å². The first-order valence-corrected chi connectivity index (χ1v) is 7.01. The Kier molecular flexibility index (Phi) is 4.34. The van der Waals surface area contributed by atoms with E-state index in [0.29, 0.717) is 0 Å². The summed E-state index contributed by atoms with van der Waals surface area (Å²) >= 11 is 0. The van der Waals surface area contributed by atoms with Gasteiger partial charge in [-0.25, -0.2) is 13.2 Å². The van der Waals surface area contributed by atoms with Gasteiger partial charge in [0.1, 0.15) is 0 Å². The van der Waals surface area contributed by atoms with Crippen molar-refractivity contribution in [3.05, 3.63) is 29.8 Å². The maximum atomic E-state index is 12.3. The molecule has 2 N–H and O–H groups in total. The Morgan fingerprint density at radius 1 is 1.32 bits per heavy atom.